The summed E-state index contributed by atoms with van der Waals surface area (Å²) in [6.45, 7) is 1.57. The molecule has 0 unspecified atom stereocenters. The average molecular weight is 280 g/mol. The van der Waals surface area contributed by atoms with Gasteiger partial charge in [0.25, 0.3) is 0 Å². The van der Waals surface area contributed by atoms with Crippen molar-refractivity contribution >= 4 is 0 Å². The Morgan fingerprint density at radius 3 is 2.71 bits per heavy atom. The Hall–Kier alpha value is -2.53. The molecule has 0 spiro atoms. The van der Waals surface area contributed by atoms with Gasteiger partial charge in [-0.25, -0.2) is 0 Å². The molecule has 2 heterocycles. The number of nitrogens with zero attached hydrogens (tertiary/aromatic N) is 3. The first-order chi connectivity index (χ1) is 10.4. The van der Waals surface area contributed by atoms with Crippen LogP contribution in [0.25, 0.3) is 11.5 Å². The van der Waals surface area contributed by atoms with Gasteiger partial charge in [0.1, 0.15) is 0 Å². The summed E-state index contributed by atoms with van der Waals surface area (Å²) in [6.07, 6.45) is 4.33. The molecule has 2 aromatic heterocycles. The zero-order valence-corrected chi connectivity index (χ0v) is 11.6. The van der Waals surface area contributed by atoms with Crippen LogP contribution in [-0.4, -0.2) is 21.7 Å². The fraction of sp³-hybridized carbons (Fsp3) is 0.188. The van der Waals surface area contributed by atoms with E-state index in [9.17, 15) is 0 Å². The summed E-state index contributed by atoms with van der Waals surface area (Å²) in [5.74, 6) is 1.21. The second kappa shape index (κ2) is 6.76. The molecule has 0 atom stereocenters. The van der Waals surface area contributed by atoms with Crippen LogP contribution in [0.15, 0.2) is 59.3 Å². The highest BCUT2D eigenvalue weighted by molar-refractivity contribution is 5.51. The van der Waals surface area contributed by atoms with Crippen LogP contribution in [0.5, 0.6) is 0 Å². The van der Waals surface area contributed by atoms with Crippen LogP contribution in [0.4, 0.5) is 0 Å². The van der Waals surface area contributed by atoms with E-state index >= 15 is 0 Å². The normalized spacial score (nSPS) is 10.7. The SMILES string of the molecule is c1ccc(-c2nnc(CCNCc3cccnc3)o2)cc1. The highest BCUT2D eigenvalue weighted by atomic mass is 16.4. The van der Waals surface area contributed by atoms with Crippen LogP contribution in [0.1, 0.15) is 11.5 Å². The van der Waals surface area contributed by atoms with Gasteiger partial charge in [0.2, 0.25) is 11.8 Å². The Morgan fingerprint density at radius 2 is 1.90 bits per heavy atom. The van der Waals surface area contributed by atoms with Crippen molar-refractivity contribution in [2.45, 2.75) is 13.0 Å². The zero-order valence-electron chi connectivity index (χ0n) is 11.6. The number of pyridine rings is 1. The molecular weight excluding hydrogens is 264 g/mol. The number of hydrogen-bond donors (Lipinski definition) is 1. The van der Waals surface area contributed by atoms with Crippen molar-refractivity contribution in [2.24, 2.45) is 0 Å². The molecule has 0 aliphatic heterocycles. The maximum atomic E-state index is 5.65. The quantitative estimate of drug-likeness (QED) is 0.703. The van der Waals surface area contributed by atoms with E-state index in [1.54, 1.807) is 6.20 Å². The van der Waals surface area contributed by atoms with Crippen LogP contribution >= 0.6 is 0 Å². The Balaban J connectivity index is 1.49. The largest absolute Gasteiger partial charge is 0.421 e. The van der Waals surface area contributed by atoms with Gasteiger partial charge in [-0.1, -0.05) is 24.3 Å². The highest BCUT2D eigenvalue weighted by Gasteiger charge is 2.07. The van der Waals surface area contributed by atoms with Gasteiger partial charge in [-0.2, -0.15) is 0 Å². The zero-order chi connectivity index (χ0) is 14.3. The predicted octanol–water partition coefficient (Wildman–Crippen LogP) is 2.46. The first kappa shape index (κ1) is 13.5. The van der Waals surface area contributed by atoms with Crippen molar-refractivity contribution in [2.75, 3.05) is 6.54 Å². The summed E-state index contributed by atoms with van der Waals surface area (Å²) in [5, 5.41) is 11.5. The maximum absolute atomic E-state index is 5.65. The molecule has 21 heavy (non-hydrogen) atoms. The monoisotopic (exact) mass is 280 g/mol. The standard InChI is InChI=1S/C16H16N4O/c1-2-6-14(7-3-1)16-20-19-15(21-16)8-10-18-12-13-5-4-9-17-11-13/h1-7,9,11,18H,8,10,12H2. The summed E-state index contributed by atoms with van der Waals surface area (Å²) in [7, 11) is 0. The Morgan fingerprint density at radius 1 is 1.00 bits per heavy atom. The van der Waals surface area contributed by atoms with E-state index in [0.29, 0.717) is 18.2 Å². The van der Waals surface area contributed by atoms with Crippen LogP contribution in [-0.2, 0) is 13.0 Å². The lowest BCUT2D eigenvalue weighted by atomic mass is 10.2. The Labute approximate surface area is 123 Å². The number of hydrogen-bond acceptors (Lipinski definition) is 5. The minimum atomic E-state index is 0.567. The lowest BCUT2D eigenvalue weighted by molar-refractivity contribution is 0.494. The third-order valence-electron chi connectivity index (χ3n) is 3.06. The molecule has 1 N–H and O–H groups in total. The molecule has 0 aliphatic carbocycles. The van der Waals surface area contributed by atoms with Crippen LogP contribution in [0.3, 0.4) is 0 Å². The second-order valence-corrected chi connectivity index (χ2v) is 4.66. The van der Waals surface area contributed by atoms with Gasteiger partial charge in [-0.05, 0) is 23.8 Å². The summed E-state index contributed by atoms with van der Waals surface area (Å²) in [4.78, 5) is 4.08. The predicted molar refractivity (Wildman–Crippen MR) is 79.4 cm³/mol. The van der Waals surface area contributed by atoms with Gasteiger partial charge in [0.15, 0.2) is 0 Å². The molecule has 0 radical (unpaired) electrons. The molecule has 0 aliphatic rings. The molecule has 1 aromatic carbocycles. The average Bonchev–Trinajstić information content (AvgIpc) is 3.02. The minimum absolute atomic E-state index is 0.567. The Kier molecular flexibility index (Phi) is 4.33. The molecule has 3 rings (SSSR count). The van der Waals surface area contributed by atoms with E-state index < -0.39 is 0 Å². The Bertz CT molecular complexity index is 667. The van der Waals surface area contributed by atoms with E-state index in [-0.39, 0.29) is 0 Å². The third kappa shape index (κ3) is 3.73. The van der Waals surface area contributed by atoms with Crippen molar-refractivity contribution < 1.29 is 4.42 Å². The first-order valence-electron chi connectivity index (χ1n) is 6.89. The third-order valence-corrected chi connectivity index (χ3v) is 3.06. The van der Waals surface area contributed by atoms with Crippen LogP contribution < -0.4 is 5.32 Å². The fourth-order valence-corrected chi connectivity index (χ4v) is 1.98. The van der Waals surface area contributed by atoms with E-state index in [2.05, 4.69) is 20.5 Å². The van der Waals surface area contributed by atoms with E-state index in [4.69, 9.17) is 4.42 Å². The molecule has 106 valence electrons. The molecule has 0 amide bonds. The van der Waals surface area contributed by atoms with Crippen molar-refractivity contribution in [3.8, 4) is 11.5 Å². The van der Waals surface area contributed by atoms with Crippen molar-refractivity contribution in [1.29, 1.82) is 0 Å². The van der Waals surface area contributed by atoms with E-state index in [1.807, 2.05) is 48.7 Å². The van der Waals surface area contributed by atoms with Gasteiger partial charge >= 0.3 is 0 Å². The number of aromatic nitrogens is 3. The van der Waals surface area contributed by atoms with Crippen molar-refractivity contribution in [1.82, 2.24) is 20.5 Å². The molecule has 0 saturated carbocycles. The summed E-state index contributed by atoms with van der Waals surface area (Å²) in [5.41, 5.74) is 2.10. The summed E-state index contributed by atoms with van der Waals surface area (Å²) >= 11 is 0. The van der Waals surface area contributed by atoms with Crippen LogP contribution in [0, 0.1) is 0 Å². The number of rotatable bonds is 6. The fourth-order valence-electron chi connectivity index (χ4n) is 1.98. The summed E-state index contributed by atoms with van der Waals surface area (Å²) < 4.78 is 5.65. The lowest BCUT2D eigenvalue weighted by Gasteiger charge is -2.02. The van der Waals surface area contributed by atoms with E-state index in [1.165, 1.54) is 0 Å². The number of nitrogens with one attached hydrogen (secondary N) is 1. The molecule has 3 aromatic rings. The molecular formula is C16H16N4O. The summed E-state index contributed by atoms with van der Waals surface area (Å²) in [6, 6.07) is 13.8. The first-order valence-corrected chi connectivity index (χ1v) is 6.89. The maximum Gasteiger partial charge on any atom is 0.247 e. The van der Waals surface area contributed by atoms with Gasteiger partial charge < -0.3 is 9.73 Å². The van der Waals surface area contributed by atoms with E-state index in [0.717, 1.165) is 24.2 Å². The molecule has 5 heteroatoms. The minimum Gasteiger partial charge on any atom is -0.421 e. The van der Waals surface area contributed by atoms with Crippen LogP contribution in [0.2, 0.25) is 0 Å². The lowest BCUT2D eigenvalue weighted by Crippen LogP contribution is -2.16. The number of benzene rings is 1. The molecule has 5 nitrogen and oxygen atoms in total. The van der Waals surface area contributed by atoms with Gasteiger partial charge in [-0.3, -0.25) is 4.98 Å². The molecule has 0 saturated heterocycles. The van der Waals surface area contributed by atoms with Crippen molar-refractivity contribution in [3.63, 3.8) is 0 Å². The van der Waals surface area contributed by atoms with Crippen molar-refractivity contribution in [3.05, 3.63) is 66.3 Å². The molecule has 0 bridgehead atoms. The second-order valence-electron chi connectivity index (χ2n) is 4.66. The molecule has 0 fully saturated rings. The topological polar surface area (TPSA) is 63.8 Å². The van der Waals surface area contributed by atoms with Gasteiger partial charge in [0.05, 0.1) is 0 Å². The smallest absolute Gasteiger partial charge is 0.247 e. The highest BCUT2D eigenvalue weighted by Crippen LogP contribution is 2.16. The van der Waals surface area contributed by atoms with Gasteiger partial charge in [-0.15, -0.1) is 10.2 Å². The van der Waals surface area contributed by atoms with Gasteiger partial charge in [0, 0.05) is 37.5 Å².